The summed E-state index contributed by atoms with van der Waals surface area (Å²) in [5.74, 6) is -2.07. The molecule has 140 valence electrons. The molecule has 1 aromatic carbocycles. The second-order valence-corrected chi connectivity index (χ2v) is 7.50. The first kappa shape index (κ1) is 20.9. The number of nitrogens with one attached hydrogen (secondary N) is 1. The SMILES string of the molecule is CC(NC(=O)OC(C)(C)C)C(=O)OC(C)(C)Cc1cc(F)cc(F)c1. The lowest BCUT2D eigenvalue weighted by Gasteiger charge is -2.28. The van der Waals surface area contributed by atoms with Crippen LogP contribution in [0.2, 0.25) is 0 Å². The molecule has 0 bridgehead atoms. The number of esters is 1. The molecule has 5 nitrogen and oxygen atoms in total. The molecule has 0 saturated heterocycles. The topological polar surface area (TPSA) is 64.6 Å². The lowest BCUT2D eigenvalue weighted by Crippen LogP contribution is -2.45. The molecule has 1 unspecified atom stereocenters. The molecule has 0 saturated carbocycles. The average molecular weight is 357 g/mol. The standard InChI is InChI=1S/C18H25F2NO4/c1-11(21-16(23)25-17(2,3)4)15(22)24-18(5,6)10-12-7-13(19)9-14(20)8-12/h7-9,11H,10H2,1-6H3,(H,21,23). The second-order valence-electron chi connectivity index (χ2n) is 7.50. The molecule has 1 rings (SSSR count). The Morgan fingerprint density at radius 1 is 1.04 bits per heavy atom. The second kappa shape index (κ2) is 7.80. The molecule has 1 atom stereocenters. The Balaban J connectivity index is 2.65. The zero-order valence-electron chi connectivity index (χ0n) is 15.4. The van der Waals surface area contributed by atoms with Gasteiger partial charge in [-0.15, -0.1) is 0 Å². The first-order valence-corrected chi connectivity index (χ1v) is 7.95. The van der Waals surface area contributed by atoms with Gasteiger partial charge in [-0.3, -0.25) is 0 Å². The van der Waals surface area contributed by atoms with Crippen molar-refractivity contribution in [3.63, 3.8) is 0 Å². The number of halogens is 2. The maximum absolute atomic E-state index is 13.3. The Hall–Kier alpha value is -2.18. The summed E-state index contributed by atoms with van der Waals surface area (Å²) in [6.45, 7) is 9.82. The van der Waals surface area contributed by atoms with Crippen molar-refractivity contribution in [1.29, 1.82) is 0 Å². The third kappa shape index (κ3) is 7.96. The summed E-state index contributed by atoms with van der Waals surface area (Å²) >= 11 is 0. The van der Waals surface area contributed by atoms with Gasteiger partial charge in [0.05, 0.1) is 0 Å². The molecule has 1 amide bonds. The van der Waals surface area contributed by atoms with Gasteiger partial charge in [-0.1, -0.05) is 0 Å². The Labute approximate surface area is 146 Å². The fourth-order valence-corrected chi connectivity index (χ4v) is 2.14. The molecule has 0 aromatic heterocycles. The van der Waals surface area contributed by atoms with E-state index in [-0.39, 0.29) is 6.42 Å². The van der Waals surface area contributed by atoms with Crippen molar-refractivity contribution < 1.29 is 27.8 Å². The van der Waals surface area contributed by atoms with Crippen LogP contribution in [-0.4, -0.2) is 29.3 Å². The fourth-order valence-electron chi connectivity index (χ4n) is 2.14. The van der Waals surface area contributed by atoms with Crippen LogP contribution in [0.1, 0.15) is 47.1 Å². The van der Waals surface area contributed by atoms with E-state index in [0.717, 1.165) is 6.07 Å². The van der Waals surface area contributed by atoms with E-state index in [9.17, 15) is 18.4 Å². The van der Waals surface area contributed by atoms with Crippen LogP contribution in [0.3, 0.4) is 0 Å². The Morgan fingerprint density at radius 2 is 1.56 bits per heavy atom. The van der Waals surface area contributed by atoms with Gasteiger partial charge in [-0.2, -0.15) is 0 Å². The molecule has 7 heteroatoms. The van der Waals surface area contributed by atoms with E-state index in [1.165, 1.54) is 19.1 Å². The predicted octanol–water partition coefficient (Wildman–Crippen LogP) is 3.74. The van der Waals surface area contributed by atoms with E-state index in [1.807, 2.05) is 0 Å². The molecule has 0 aliphatic heterocycles. The van der Waals surface area contributed by atoms with E-state index in [1.54, 1.807) is 34.6 Å². The van der Waals surface area contributed by atoms with Crippen LogP contribution in [-0.2, 0) is 20.7 Å². The zero-order valence-corrected chi connectivity index (χ0v) is 15.4. The Morgan fingerprint density at radius 3 is 2.04 bits per heavy atom. The van der Waals surface area contributed by atoms with Crippen LogP contribution < -0.4 is 5.32 Å². The van der Waals surface area contributed by atoms with Crippen LogP contribution in [0, 0.1) is 11.6 Å². The van der Waals surface area contributed by atoms with Crippen LogP contribution >= 0.6 is 0 Å². The first-order valence-electron chi connectivity index (χ1n) is 7.95. The summed E-state index contributed by atoms with van der Waals surface area (Å²) in [6, 6.07) is 2.20. The van der Waals surface area contributed by atoms with Gasteiger partial charge in [0.25, 0.3) is 0 Å². The quantitative estimate of drug-likeness (QED) is 0.816. The third-order valence-electron chi connectivity index (χ3n) is 3.02. The zero-order chi connectivity index (χ0) is 19.4. The monoisotopic (exact) mass is 357 g/mol. The van der Waals surface area contributed by atoms with E-state index < -0.39 is 40.9 Å². The lowest BCUT2D eigenvalue weighted by atomic mass is 9.98. The fraction of sp³-hybridized carbons (Fsp3) is 0.556. The van der Waals surface area contributed by atoms with Crippen molar-refractivity contribution in [2.24, 2.45) is 0 Å². The highest BCUT2D eigenvalue weighted by Gasteiger charge is 2.28. The number of alkyl carbamates (subject to hydrolysis) is 1. The minimum Gasteiger partial charge on any atom is -0.458 e. The number of carbonyl (C=O) groups excluding carboxylic acids is 2. The minimum atomic E-state index is -1.01. The minimum absolute atomic E-state index is 0.118. The molecule has 25 heavy (non-hydrogen) atoms. The number of amides is 1. The van der Waals surface area contributed by atoms with Crippen molar-refractivity contribution >= 4 is 12.1 Å². The van der Waals surface area contributed by atoms with Crippen LogP contribution in [0.15, 0.2) is 18.2 Å². The number of benzene rings is 1. The summed E-state index contributed by atoms with van der Waals surface area (Å²) in [5, 5.41) is 2.39. The molecule has 0 aliphatic rings. The predicted molar refractivity (Wildman–Crippen MR) is 89.1 cm³/mol. The van der Waals surface area contributed by atoms with E-state index in [4.69, 9.17) is 9.47 Å². The van der Waals surface area contributed by atoms with Crippen molar-refractivity contribution in [1.82, 2.24) is 5.32 Å². The molecule has 0 heterocycles. The number of ether oxygens (including phenoxy) is 2. The largest absolute Gasteiger partial charge is 0.458 e. The van der Waals surface area contributed by atoms with Crippen LogP contribution in [0.5, 0.6) is 0 Å². The van der Waals surface area contributed by atoms with Crippen molar-refractivity contribution in [2.45, 2.75) is 65.2 Å². The number of rotatable bonds is 5. The molecule has 0 spiro atoms. The first-order chi connectivity index (χ1) is 11.3. The van der Waals surface area contributed by atoms with Crippen molar-refractivity contribution in [3.8, 4) is 0 Å². The van der Waals surface area contributed by atoms with Crippen LogP contribution in [0.25, 0.3) is 0 Å². The number of hydrogen-bond acceptors (Lipinski definition) is 4. The van der Waals surface area contributed by atoms with Crippen molar-refractivity contribution in [3.05, 3.63) is 35.4 Å². The Kier molecular flexibility index (Phi) is 6.51. The highest BCUT2D eigenvalue weighted by molar-refractivity contribution is 5.81. The summed E-state index contributed by atoms with van der Waals surface area (Å²) in [4.78, 5) is 23.8. The lowest BCUT2D eigenvalue weighted by molar-refractivity contribution is -0.158. The third-order valence-corrected chi connectivity index (χ3v) is 3.02. The molecule has 0 fully saturated rings. The number of carbonyl (C=O) groups is 2. The molecule has 1 aromatic rings. The smallest absolute Gasteiger partial charge is 0.408 e. The van der Waals surface area contributed by atoms with Gasteiger partial charge in [0, 0.05) is 12.5 Å². The maximum Gasteiger partial charge on any atom is 0.408 e. The van der Waals surface area contributed by atoms with Gasteiger partial charge in [0.1, 0.15) is 28.9 Å². The van der Waals surface area contributed by atoms with E-state index >= 15 is 0 Å². The molecule has 0 aliphatic carbocycles. The maximum atomic E-state index is 13.3. The summed E-state index contributed by atoms with van der Waals surface area (Å²) in [7, 11) is 0. The summed E-state index contributed by atoms with van der Waals surface area (Å²) in [5.41, 5.74) is -1.33. The van der Waals surface area contributed by atoms with E-state index in [0.29, 0.717) is 5.56 Å². The molecule has 0 radical (unpaired) electrons. The van der Waals surface area contributed by atoms with Gasteiger partial charge in [-0.25, -0.2) is 18.4 Å². The van der Waals surface area contributed by atoms with Crippen LogP contribution in [0.4, 0.5) is 13.6 Å². The van der Waals surface area contributed by atoms with Gasteiger partial charge >= 0.3 is 12.1 Å². The van der Waals surface area contributed by atoms with Gasteiger partial charge in [0.2, 0.25) is 0 Å². The molecular weight excluding hydrogens is 332 g/mol. The molecular formula is C18H25F2NO4. The Bertz CT molecular complexity index is 618. The summed E-state index contributed by atoms with van der Waals surface area (Å²) < 4.78 is 37.0. The number of hydrogen-bond donors (Lipinski definition) is 1. The van der Waals surface area contributed by atoms with Gasteiger partial charge in [-0.05, 0) is 59.2 Å². The van der Waals surface area contributed by atoms with Gasteiger partial charge < -0.3 is 14.8 Å². The molecule has 1 N–H and O–H groups in total. The van der Waals surface area contributed by atoms with Gasteiger partial charge in [0.15, 0.2) is 0 Å². The van der Waals surface area contributed by atoms with Crippen molar-refractivity contribution in [2.75, 3.05) is 0 Å². The average Bonchev–Trinajstić information content (AvgIpc) is 2.32. The summed E-state index contributed by atoms with van der Waals surface area (Å²) in [6.07, 6.45) is -0.617. The highest BCUT2D eigenvalue weighted by Crippen LogP contribution is 2.20. The normalized spacial score (nSPS) is 13.1. The highest BCUT2D eigenvalue weighted by atomic mass is 19.1. The van der Waals surface area contributed by atoms with E-state index in [2.05, 4.69) is 5.32 Å².